The number of hydrogen-bond donors (Lipinski definition) is 1. The molecule has 0 aliphatic carbocycles. The number of likely N-dealkylation sites (tertiary alicyclic amines) is 2. The highest BCUT2D eigenvalue weighted by Gasteiger charge is 2.41. The van der Waals surface area contributed by atoms with Crippen LogP contribution in [-0.2, 0) is 9.59 Å². The van der Waals surface area contributed by atoms with Gasteiger partial charge in [0.15, 0.2) is 0 Å². The first-order valence-corrected chi connectivity index (χ1v) is 15.6. The number of amides is 2. The first-order valence-electron chi connectivity index (χ1n) is 14.0. The van der Waals surface area contributed by atoms with Crippen LogP contribution in [0.5, 0.6) is 0 Å². The SMILES string of the molecule is CC(=O)N[C@@H](I)c1cc(C)c(Cl)cc1C1CCN(C(=O)[C@@H]2CCN(C(C)(C)C)C[C@H]2c2ccc(F)cc2F)CC1. The molecule has 4 rings (SSSR count). The van der Waals surface area contributed by atoms with E-state index in [1.807, 2.05) is 24.0 Å². The Morgan fingerprint density at radius 1 is 1.05 bits per heavy atom. The van der Waals surface area contributed by atoms with Gasteiger partial charge in [-0.15, -0.1) is 0 Å². The predicted octanol–water partition coefficient (Wildman–Crippen LogP) is 7.11. The molecular formula is C31H39ClF2IN3O2. The standard InChI is InChI=1S/C31H39ClF2IN3O2/c1-18-14-25(29(35)36-19(2)39)24(16-27(18)32)20-8-11-37(12-9-20)30(40)23-10-13-38(31(3,4)5)17-26(23)22-7-6-21(33)15-28(22)34/h6-7,14-16,20,23,26,29H,8-13,17H2,1-5H3,(H,36,39)/t23-,26+,29-/m1/s1. The maximum Gasteiger partial charge on any atom is 0.226 e. The minimum absolute atomic E-state index is 0.0490. The molecule has 9 heteroatoms. The van der Waals surface area contributed by atoms with E-state index in [-0.39, 0.29) is 39.2 Å². The van der Waals surface area contributed by atoms with Crippen LogP contribution in [0.2, 0.25) is 5.02 Å². The normalized spacial score (nSPS) is 21.8. The lowest BCUT2D eigenvalue weighted by Crippen LogP contribution is -2.53. The average molecular weight is 686 g/mol. The number of nitrogens with one attached hydrogen (secondary N) is 1. The first-order chi connectivity index (χ1) is 18.8. The molecule has 2 heterocycles. The van der Waals surface area contributed by atoms with Crippen molar-refractivity contribution in [1.29, 1.82) is 0 Å². The molecule has 0 saturated carbocycles. The third-order valence-corrected chi connectivity index (χ3v) is 9.84. The molecule has 0 bridgehead atoms. The van der Waals surface area contributed by atoms with Gasteiger partial charge in [-0.25, -0.2) is 8.78 Å². The number of nitrogens with zero attached hydrogens (tertiary/aromatic N) is 2. The van der Waals surface area contributed by atoms with E-state index >= 15 is 0 Å². The summed E-state index contributed by atoms with van der Waals surface area (Å²) in [7, 11) is 0. The molecule has 1 N–H and O–H groups in total. The Kier molecular flexibility index (Phi) is 9.83. The Hall–Kier alpha value is -1.78. The van der Waals surface area contributed by atoms with Gasteiger partial charge in [0.2, 0.25) is 11.8 Å². The highest BCUT2D eigenvalue weighted by molar-refractivity contribution is 14.1. The van der Waals surface area contributed by atoms with Gasteiger partial charge in [-0.05, 0) is 93.8 Å². The monoisotopic (exact) mass is 685 g/mol. The van der Waals surface area contributed by atoms with E-state index in [1.165, 1.54) is 19.1 Å². The molecule has 2 aliphatic heterocycles. The second-order valence-corrected chi connectivity index (χ2v) is 13.8. The van der Waals surface area contributed by atoms with Crippen LogP contribution in [-0.4, -0.2) is 53.3 Å². The number of piperidine rings is 2. The van der Waals surface area contributed by atoms with Gasteiger partial charge in [-0.3, -0.25) is 14.5 Å². The van der Waals surface area contributed by atoms with Crippen molar-refractivity contribution in [3.05, 3.63) is 69.2 Å². The van der Waals surface area contributed by atoms with Crippen LogP contribution in [0.1, 0.15) is 85.1 Å². The van der Waals surface area contributed by atoms with Crippen molar-refractivity contribution in [3.8, 4) is 0 Å². The van der Waals surface area contributed by atoms with Crippen LogP contribution in [0.4, 0.5) is 8.78 Å². The maximum absolute atomic E-state index is 15.0. The second kappa shape index (κ2) is 12.6. The van der Waals surface area contributed by atoms with Crippen molar-refractivity contribution in [3.63, 3.8) is 0 Å². The number of carbonyl (C=O) groups is 2. The molecular weight excluding hydrogens is 647 g/mol. The van der Waals surface area contributed by atoms with Gasteiger partial charge in [0.1, 0.15) is 15.7 Å². The molecule has 218 valence electrons. The number of halogens is 4. The molecule has 3 atom stereocenters. The van der Waals surface area contributed by atoms with Gasteiger partial charge in [-0.2, -0.15) is 0 Å². The Bertz CT molecular complexity index is 1260. The van der Waals surface area contributed by atoms with Crippen LogP contribution in [0.3, 0.4) is 0 Å². The zero-order chi connectivity index (χ0) is 29.4. The molecule has 0 unspecified atom stereocenters. The number of hydrogen-bond acceptors (Lipinski definition) is 3. The minimum atomic E-state index is -0.613. The Labute approximate surface area is 255 Å². The lowest BCUT2D eigenvalue weighted by molar-refractivity contribution is -0.139. The summed E-state index contributed by atoms with van der Waals surface area (Å²) in [5.74, 6) is -1.75. The van der Waals surface area contributed by atoms with E-state index in [1.54, 1.807) is 0 Å². The number of rotatable bonds is 5. The molecule has 2 amide bonds. The van der Waals surface area contributed by atoms with Crippen LogP contribution in [0.15, 0.2) is 30.3 Å². The summed E-state index contributed by atoms with van der Waals surface area (Å²) in [6, 6.07) is 7.77. The summed E-state index contributed by atoms with van der Waals surface area (Å²) >= 11 is 8.76. The van der Waals surface area contributed by atoms with E-state index < -0.39 is 11.6 Å². The summed E-state index contributed by atoms with van der Waals surface area (Å²) < 4.78 is 28.6. The zero-order valence-corrected chi connectivity index (χ0v) is 26.8. The summed E-state index contributed by atoms with van der Waals surface area (Å²) in [5, 5.41) is 3.67. The van der Waals surface area contributed by atoms with Gasteiger partial charge in [0.25, 0.3) is 0 Å². The van der Waals surface area contributed by atoms with Crippen LogP contribution < -0.4 is 5.32 Å². The van der Waals surface area contributed by atoms with Crippen molar-refractivity contribution in [2.45, 2.75) is 75.3 Å². The summed E-state index contributed by atoms with van der Waals surface area (Å²) in [6.45, 7) is 12.3. The van der Waals surface area contributed by atoms with Gasteiger partial charge in [0.05, 0.1) is 0 Å². The van der Waals surface area contributed by atoms with Crippen LogP contribution in [0.25, 0.3) is 0 Å². The highest BCUT2D eigenvalue weighted by Crippen LogP contribution is 2.41. The number of aryl methyl sites for hydroxylation is 1. The second-order valence-electron chi connectivity index (χ2n) is 12.2. The Morgan fingerprint density at radius 3 is 2.33 bits per heavy atom. The highest BCUT2D eigenvalue weighted by atomic mass is 127. The van der Waals surface area contributed by atoms with Gasteiger partial charge in [0, 0.05) is 55.0 Å². The minimum Gasteiger partial charge on any atom is -0.342 e. The summed E-state index contributed by atoms with van der Waals surface area (Å²) in [6.07, 6.45) is 2.18. The van der Waals surface area contributed by atoms with E-state index in [4.69, 9.17) is 11.6 Å². The molecule has 40 heavy (non-hydrogen) atoms. The van der Waals surface area contributed by atoms with Crippen molar-refractivity contribution in [2.75, 3.05) is 26.2 Å². The summed E-state index contributed by atoms with van der Waals surface area (Å²) in [5.41, 5.74) is 3.40. The number of carbonyl (C=O) groups excluding carboxylic acids is 2. The molecule has 0 radical (unpaired) electrons. The van der Waals surface area contributed by atoms with Crippen molar-refractivity contribution in [1.82, 2.24) is 15.1 Å². The Morgan fingerprint density at radius 2 is 1.73 bits per heavy atom. The molecule has 0 aromatic heterocycles. The molecule has 2 aromatic rings. The first kappa shape index (κ1) is 31.2. The lowest BCUT2D eigenvalue weighted by Gasteiger charge is -2.46. The molecule has 2 aliphatic rings. The van der Waals surface area contributed by atoms with Crippen molar-refractivity contribution in [2.24, 2.45) is 5.92 Å². The van der Waals surface area contributed by atoms with Gasteiger partial charge < -0.3 is 10.2 Å². The largest absolute Gasteiger partial charge is 0.342 e. The quantitative estimate of drug-likeness (QED) is 0.208. The van der Waals surface area contributed by atoms with Crippen molar-refractivity contribution < 1.29 is 18.4 Å². The smallest absolute Gasteiger partial charge is 0.226 e. The van der Waals surface area contributed by atoms with E-state index in [0.29, 0.717) is 36.6 Å². The van der Waals surface area contributed by atoms with Gasteiger partial charge in [-0.1, -0.05) is 46.3 Å². The fourth-order valence-electron chi connectivity index (χ4n) is 6.17. The van der Waals surface area contributed by atoms with E-state index in [9.17, 15) is 18.4 Å². The molecule has 2 saturated heterocycles. The molecule has 2 aromatic carbocycles. The van der Waals surface area contributed by atoms with Gasteiger partial charge >= 0.3 is 0 Å². The fourth-order valence-corrected chi connectivity index (χ4v) is 7.32. The van der Waals surface area contributed by atoms with Crippen LogP contribution in [0, 0.1) is 24.5 Å². The zero-order valence-electron chi connectivity index (χ0n) is 23.9. The number of alkyl halides is 1. The van der Waals surface area contributed by atoms with Crippen LogP contribution >= 0.6 is 34.2 Å². The van der Waals surface area contributed by atoms with E-state index in [2.05, 4.69) is 53.6 Å². The molecule has 0 spiro atoms. The summed E-state index contributed by atoms with van der Waals surface area (Å²) in [4.78, 5) is 29.9. The lowest BCUT2D eigenvalue weighted by atomic mass is 9.77. The topological polar surface area (TPSA) is 52.7 Å². The predicted molar refractivity (Wildman–Crippen MR) is 164 cm³/mol. The van der Waals surface area contributed by atoms with E-state index in [0.717, 1.165) is 42.1 Å². The third-order valence-electron chi connectivity index (χ3n) is 8.45. The third kappa shape index (κ3) is 6.98. The number of benzene rings is 2. The molecule has 5 nitrogen and oxygen atoms in total. The maximum atomic E-state index is 15.0. The molecule has 2 fully saturated rings. The average Bonchev–Trinajstić information content (AvgIpc) is 2.88. The Balaban J connectivity index is 1.53. The fraction of sp³-hybridized carbons (Fsp3) is 0.548. The van der Waals surface area contributed by atoms with Crippen molar-refractivity contribution >= 4 is 46.0 Å².